The van der Waals surface area contributed by atoms with Crippen LogP contribution in [0.5, 0.6) is 0 Å². The molecule has 0 aliphatic heterocycles. The molecule has 0 heterocycles. The number of amides is 2. The van der Waals surface area contributed by atoms with E-state index in [0.29, 0.717) is 0 Å². The summed E-state index contributed by atoms with van der Waals surface area (Å²) in [6.07, 6.45) is 2.27. The highest BCUT2D eigenvalue weighted by Crippen LogP contribution is 2.00. The molecule has 5 heteroatoms. The number of carbonyl (C=O) groups excluding carboxylic acids is 2. The summed E-state index contributed by atoms with van der Waals surface area (Å²) in [6, 6.07) is 9.45. The van der Waals surface area contributed by atoms with E-state index < -0.39 is 6.09 Å². The van der Waals surface area contributed by atoms with Crippen molar-refractivity contribution in [3.8, 4) is 0 Å². The van der Waals surface area contributed by atoms with Gasteiger partial charge in [-0.2, -0.15) is 0 Å². The Bertz CT molecular complexity index is 401. The van der Waals surface area contributed by atoms with Gasteiger partial charge in [0.2, 0.25) is 5.91 Å². The third kappa shape index (κ3) is 5.99. The number of rotatable bonds is 5. The van der Waals surface area contributed by atoms with Crippen molar-refractivity contribution in [2.24, 2.45) is 5.73 Å². The maximum atomic E-state index is 11.3. The molecule has 0 radical (unpaired) electrons. The molecule has 0 aromatic heterocycles. The average molecular weight is 234 g/mol. The van der Waals surface area contributed by atoms with E-state index in [0.717, 1.165) is 5.56 Å². The van der Waals surface area contributed by atoms with Crippen molar-refractivity contribution in [2.75, 3.05) is 13.2 Å². The Labute approximate surface area is 99.3 Å². The van der Waals surface area contributed by atoms with Crippen molar-refractivity contribution in [1.82, 2.24) is 5.32 Å². The zero-order valence-corrected chi connectivity index (χ0v) is 9.26. The maximum Gasteiger partial charge on any atom is 0.404 e. The van der Waals surface area contributed by atoms with Crippen LogP contribution < -0.4 is 11.1 Å². The van der Waals surface area contributed by atoms with Crippen LogP contribution >= 0.6 is 0 Å². The Morgan fingerprint density at radius 3 is 2.65 bits per heavy atom. The van der Waals surface area contributed by atoms with Crippen LogP contribution in [-0.4, -0.2) is 25.2 Å². The predicted octanol–water partition coefficient (Wildman–Crippen LogP) is 0.911. The molecule has 0 saturated heterocycles. The van der Waals surface area contributed by atoms with Gasteiger partial charge in [0.1, 0.15) is 6.61 Å². The van der Waals surface area contributed by atoms with E-state index >= 15 is 0 Å². The Balaban J connectivity index is 2.25. The first-order valence-electron chi connectivity index (χ1n) is 5.11. The van der Waals surface area contributed by atoms with E-state index in [1.165, 1.54) is 6.08 Å². The van der Waals surface area contributed by atoms with Crippen molar-refractivity contribution in [2.45, 2.75) is 0 Å². The molecule has 2 amide bonds. The third-order valence-corrected chi connectivity index (χ3v) is 1.87. The number of nitrogens with one attached hydrogen (secondary N) is 1. The monoisotopic (exact) mass is 234 g/mol. The minimum Gasteiger partial charge on any atom is -0.448 e. The van der Waals surface area contributed by atoms with E-state index in [9.17, 15) is 9.59 Å². The molecule has 0 aliphatic carbocycles. The molecule has 3 N–H and O–H groups in total. The number of carbonyl (C=O) groups is 2. The summed E-state index contributed by atoms with van der Waals surface area (Å²) in [4.78, 5) is 21.5. The van der Waals surface area contributed by atoms with E-state index in [2.05, 4.69) is 10.1 Å². The van der Waals surface area contributed by atoms with Gasteiger partial charge in [0.05, 0.1) is 6.54 Å². The predicted molar refractivity (Wildman–Crippen MR) is 64.0 cm³/mol. The molecule has 1 aromatic rings. The van der Waals surface area contributed by atoms with Gasteiger partial charge >= 0.3 is 6.09 Å². The molecule has 0 bridgehead atoms. The van der Waals surface area contributed by atoms with Crippen LogP contribution in [0.15, 0.2) is 36.4 Å². The van der Waals surface area contributed by atoms with Crippen molar-refractivity contribution < 1.29 is 14.3 Å². The summed E-state index contributed by atoms with van der Waals surface area (Å²) in [6.45, 7) is 0.307. The molecule has 0 saturated carbocycles. The van der Waals surface area contributed by atoms with Crippen molar-refractivity contribution in [1.29, 1.82) is 0 Å². The minimum absolute atomic E-state index is 0.0697. The van der Waals surface area contributed by atoms with Crippen molar-refractivity contribution in [3.63, 3.8) is 0 Å². The van der Waals surface area contributed by atoms with E-state index in [4.69, 9.17) is 5.73 Å². The third-order valence-electron chi connectivity index (χ3n) is 1.87. The van der Waals surface area contributed by atoms with Crippen LogP contribution in [0.4, 0.5) is 4.79 Å². The van der Waals surface area contributed by atoms with Crippen LogP contribution in [0.2, 0.25) is 0 Å². The fourth-order valence-electron chi connectivity index (χ4n) is 1.12. The zero-order chi connectivity index (χ0) is 12.5. The average Bonchev–Trinajstić information content (AvgIpc) is 2.33. The Hall–Kier alpha value is -2.30. The highest BCUT2D eigenvalue weighted by Gasteiger charge is 1.96. The molecule has 0 aliphatic rings. The molecule has 0 unspecified atom stereocenters. The minimum atomic E-state index is -0.848. The fourth-order valence-corrected chi connectivity index (χ4v) is 1.12. The number of primary amides is 1. The zero-order valence-electron chi connectivity index (χ0n) is 9.26. The summed E-state index contributed by atoms with van der Waals surface area (Å²) in [7, 11) is 0. The first-order valence-corrected chi connectivity index (χ1v) is 5.11. The molecular weight excluding hydrogens is 220 g/mol. The van der Waals surface area contributed by atoms with Gasteiger partial charge in [-0.15, -0.1) is 0 Å². The lowest BCUT2D eigenvalue weighted by Crippen LogP contribution is -2.27. The van der Waals surface area contributed by atoms with Gasteiger partial charge in [-0.3, -0.25) is 4.79 Å². The molecule has 1 rings (SSSR count). The standard InChI is InChI=1S/C12H14N2O3/c13-12(16)17-9-8-14-11(15)7-6-10-4-2-1-3-5-10/h1-7H,8-9H2,(H2,13,16)(H,14,15)/b7-6+. The van der Waals surface area contributed by atoms with Crippen molar-refractivity contribution >= 4 is 18.1 Å². The summed E-state index contributed by atoms with van der Waals surface area (Å²) in [5.41, 5.74) is 5.70. The Morgan fingerprint density at radius 2 is 2.00 bits per heavy atom. The van der Waals surface area contributed by atoms with Crippen LogP contribution in [0.25, 0.3) is 6.08 Å². The molecule has 5 nitrogen and oxygen atoms in total. The lowest BCUT2D eigenvalue weighted by molar-refractivity contribution is -0.116. The number of hydrogen-bond acceptors (Lipinski definition) is 3. The van der Waals surface area contributed by atoms with Crippen LogP contribution in [-0.2, 0) is 9.53 Å². The number of ether oxygens (including phenoxy) is 1. The summed E-state index contributed by atoms with van der Waals surface area (Å²) in [5, 5.41) is 2.55. The van der Waals surface area contributed by atoms with Gasteiger partial charge in [-0.25, -0.2) is 4.79 Å². The number of benzene rings is 1. The maximum absolute atomic E-state index is 11.3. The Kier molecular flexibility index (Phi) is 5.30. The van der Waals surface area contributed by atoms with E-state index in [1.54, 1.807) is 6.08 Å². The summed E-state index contributed by atoms with van der Waals surface area (Å²) >= 11 is 0. The van der Waals surface area contributed by atoms with Gasteiger partial charge in [0.25, 0.3) is 0 Å². The van der Waals surface area contributed by atoms with Gasteiger partial charge < -0.3 is 15.8 Å². The van der Waals surface area contributed by atoms with E-state index in [-0.39, 0.29) is 19.1 Å². The summed E-state index contributed by atoms with van der Waals surface area (Å²) < 4.78 is 4.46. The highest BCUT2D eigenvalue weighted by molar-refractivity contribution is 5.91. The topological polar surface area (TPSA) is 81.4 Å². The molecular formula is C12H14N2O3. The molecule has 90 valence electrons. The molecule has 1 aromatic carbocycles. The molecule has 0 atom stereocenters. The van der Waals surface area contributed by atoms with Crippen LogP contribution in [0, 0.1) is 0 Å². The normalized spacial score (nSPS) is 10.1. The number of nitrogens with two attached hydrogens (primary N) is 1. The van der Waals surface area contributed by atoms with Gasteiger partial charge in [0.15, 0.2) is 0 Å². The first-order chi connectivity index (χ1) is 8.18. The molecule has 17 heavy (non-hydrogen) atoms. The first kappa shape index (κ1) is 12.8. The second-order valence-corrected chi connectivity index (χ2v) is 3.20. The molecule has 0 fully saturated rings. The van der Waals surface area contributed by atoms with Crippen LogP contribution in [0.3, 0.4) is 0 Å². The fraction of sp³-hybridized carbons (Fsp3) is 0.167. The highest BCUT2D eigenvalue weighted by atomic mass is 16.5. The second-order valence-electron chi connectivity index (χ2n) is 3.20. The van der Waals surface area contributed by atoms with Crippen LogP contribution in [0.1, 0.15) is 5.56 Å². The summed E-state index contributed by atoms with van der Waals surface area (Å²) in [5.74, 6) is -0.248. The lowest BCUT2D eigenvalue weighted by Gasteiger charge is -2.01. The van der Waals surface area contributed by atoms with Crippen molar-refractivity contribution in [3.05, 3.63) is 42.0 Å². The smallest absolute Gasteiger partial charge is 0.404 e. The van der Waals surface area contributed by atoms with Gasteiger partial charge in [-0.1, -0.05) is 30.3 Å². The quantitative estimate of drug-likeness (QED) is 0.587. The SMILES string of the molecule is NC(=O)OCCNC(=O)/C=C/c1ccccc1. The lowest BCUT2D eigenvalue weighted by atomic mass is 10.2. The van der Waals surface area contributed by atoms with Gasteiger partial charge in [-0.05, 0) is 11.6 Å². The molecule has 0 spiro atoms. The van der Waals surface area contributed by atoms with E-state index in [1.807, 2.05) is 30.3 Å². The number of hydrogen-bond donors (Lipinski definition) is 2. The second kappa shape index (κ2) is 7.05. The largest absolute Gasteiger partial charge is 0.448 e. The van der Waals surface area contributed by atoms with Gasteiger partial charge in [0, 0.05) is 6.08 Å². The Morgan fingerprint density at radius 1 is 1.29 bits per heavy atom.